The summed E-state index contributed by atoms with van der Waals surface area (Å²) in [5.41, 5.74) is 2.19. The Balaban J connectivity index is 1.31. The number of carbonyl (C=O) groups is 1. The van der Waals surface area contributed by atoms with Crippen molar-refractivity contribution >= 4 is 41.3 Å². The van der Waals surface area contributed by atoms with Gasteiger partial charge in [0, 0.05) is 57.3 Å². The molecule has 1 unspecified atom stereocenters. The lowest BCUT2D eigenvalue weighted by Crippen LogP contribution is -2.61. The summed E-state index contributed by atoms with van der Waals surface area (Å²) in [7, 11) is 1.85. The van der Waals surface area contributed by atoms with Gasteiger partial charge in [-0.3, -0.25) is 9.69 Å². The van der Waals surface area contributed by atoms with Crippen LogP contribution in [0.2, 0.25) is 10.0 Å². The maximum Gasteiger partial charge on any atom is 0.254 e. The lowest BCUT2D eigenvalue weighted by Gasteiger charge is -2.47. The van der Waals surface area contributed by atoms with Crippen LogP contribution < -0.4 is 10.4 Å². The maximum atomic E-state index is 13.8. The van der Waals surface area contributed by atoms with Crippen LogP contribution in [-0.2, 0) is 4.74 Å². The van der Waals surface area contributed by atoms with Gasteiger partial charge in [-0.2, -0.15) is 5.26 Å². The Bertz CT molecular complexity index is 1380. The van der Waals surface area contributed by atoms with E-state index in [1.807, 2.05) is 31.3 Å². The molecule has 2 aliphatic heterocycles. The van der Waals surface area contributed by atoms with Crippen LogP contribution in [0, 0.1) is 17.2 Å². The fourth-order valence-electron chi connectivity index (χ4n) is 5.95. The van der Waals surface area contributed by atoms with E-state index in [1.54, 1.807) is 11.0 Å². The molecule has 1 aliphatic carbocycles. The third-order valence-electron chi connectivity index (χ3n) is 8.28. The van der Waals surface area contributed by atoms with Crippen LogP contribution in [0.15, 0.2) is 30.3 Å². The summed E-state index contributed by atoms with van der Waals surface area (Å²) in [5, 5.41) is 12.6. The summed E-state index contributed by atoms with van der Waals surface area (Å²) in [6.07, 6.45) is 6.07. The first-order valence-corrected chi connectivity index (χ1v) is 14.6. The normalized spacial score (nSPS) is 20.6. The van der Waals surface area contributed by atoms with E-state index in [4.69, 9.17) is 27.9 Å². The number of fused-ring (bicyclic) bond motifs is 1. The van der Waals surface area contributed by atoms with Gasteiger partial charge in [-0.25, -0.2) is 0 Å². The number of nitrogens with zero attached hydrogens (tertiary/aromatic N) is 4. The quantitative estimate of drug-likeness (QED) is 0.487. The van der Waals surface area contributed by atoms with E-state index >= 15 is 0 Å². The average molecular weight is 568 g/mol. The molecule has 206 valence electrons. The van der Waals surface area contributed by atoms with Gasteiger partial charge in [0.05, 0.1) is 34.9 Å². The Hall–Kier alpha value is -2.40. The van der Waals surface area contributed by atoms with Crippen molar-refractivity contribution in [1.29, 1.82) is 5.26 Å². The van der Waals surface area contributed by atoms with E-state index in [2.05, 4.69) is 34.9 Å². The number of likely N-dealkylation sites (tertiary alicyclic amines) is 1. The van der Waals surface area contributed by atoms with Gasteiger partial charge in [0.1, 0.15) is 0 Å². The van der Waals surface area contributed by atoms with Crippen molar-refractivity contribution in [3.8, 4) is 6.07 Å². The van der Waals surface area contributed by atoms with Crippen LogP contribution in [-0.4, -0.2) is 86.2 Å². The number of amides is 1. The van der Waals surface area contributed by atoms with Crippen LogP contribution in [0.1, 0.15) is 47.2 Å². The zero-order valence-electron chi connectivity index (χ0n) is 22.7. The number of ether oxygens (including phenoxy) is 1. The minimum absolute atomic E-state index is 0.0658. The second-order valence-corrected chi connectivity index (χ2v) is 11.9. The summed E-state index contributed by atoms with van der Waals surface area (Å²) in [5.74, 6) is 0.418. The maximum absolute atomic E-state index is 13.8. The van der Waals surface area contributed by atoms with Crippen LogP contribution in [0.5, 0.6) is 0 Å². The number of likely N-dealkylation sites (N-methyl/N-ethyl adjacent to an activating group) is 1. The molecular weight excluding hydrogens is 531 g/mol. The van der Waals surface area contributed by atoms with E-state index in [-0.39, 0.29) is 11.8 Å². The average Bonchev–Trinajstić information content (AvgIpc) is 2.92. The van der Waals surface area contributed by atoms with E-state index in [1.165, 1.54) is 0 Å². The number of benzene rings is 2. The summed E-state index contributed by atoms with van der Waals surface area (Å²) < 4.78 is 5.50. The Labute approximate surface area is 241 Å². The number of hydrogen-bond acceptors (Lipinski definition) is 5. The fraction of sp³-hybridized carbons (Fsp3) is 0.484. The van der Waals surface area contributed by atoms with E-state index < -0.39 is 0 Å². The zero-order chi connectivity index (χ0) is 27.5. The van der Waals surface area contributed by atoms with Crippen molar-refractivity contribution in [2.75, 3.05) is 59.5 Å². The summed E-state index contributed by atoms with van der Waals surface area (Å²) >= 11 is 12.6. The highest BCUT2D eigenvalue weighted by atomic mass is 35.5. The summed E-state index contributed by atoms with van der Waals surface area (Å²) in [6, 6.07) is 12.2. The van der Waals surface area contributed by atoms with Crippen LogP contribution in [0.25, 0.3) is 12.2 Å². The molecule has 2 fully saturated rings. The van der Waals surface area contributed by atoms with Gasteiger partial charge in [0.15, 0.2) is 0 Å². The third kappa shape index (κ3) is 6.51. The summed E-state index contributed by atoms with van der Waals surface area (Å²) in [4.78, 5) is 20.6. The Morgan fingerprint density at radius 1 is 1.18 bits per heavy atom. The number of carbonyl (C=O) groups excluding carboxylic acids is 1. The first kappa shape index (κ1) is 28.1. The van der Waals surface area contributed by atoms with Gasteiger partial charge in [-0.05, 0) is 65.6 Å². The number of halogens is 2. The van der Waals surface area contributed by atoms with Gasteiger partial charge in [0.25, 0.3) is 5.91 Å². The molecule has 0 radical (unpaired) electrons. The molecular formula is C31H36Cl2N4O2. The van der Waals surface area contributed by atoms with Gasteiger partial charge >= 0.3 is 0 Å². The molecule has 0 aromatic heterocycles. The topological polar surface area (TPSA) is 59.8 Å². The van der Waals surface area contributed by atoms with Gasteiger partial charge in [-0.15, -0.1) is 0 Å². The Morgan fingerprint density at radius 3 is 2.67 bits per heavy atom. The molecule has 0 spiro atoms. The first-order chi connectivity index (χ1) is 18.8. The third-order valence-corrected chi connectivity index (χ3v) is 9.02. The van der Waals surface area contributed by atoms with E-state index in [0.717, 1.165) is 74.8 Å². The predicted octanol–water partition coefficient (Wildman–Crippen LogP) is 3.73. The lowest BCUT2D eigenvalue weighted by atomic mass is 9.92. The molecule has 8 heteroatoms. The highest BCUT2D eigenvalue weighted by Crippen LogP contribution is 2.30. The molecule has 2 saturated heterocycles. The molecule has 2 aromatic rings. The highest BCUT2D eigenvalue weighted by molar-refractivity contribution is 6.42. The van der Waals surface area contributed by atoms with Crippen molar-refractivity contribution < 1.29 is 9.53 Å². The van der Waals surface area contributed by atoms with Crippen molar-refractivity contribution in [1.82, 2.24) is 14.7 Å². The number of rotatable bonds is 8. The molecule has 6 nitrogen and oxygen atoms in total. The predicted molar refractivity (Wildman–Crippen MR) is 157 cm³/mol. The second kappa shape index (κ2) is 12.4. The monoisotopic (exact) mass is 566 g/mol. The molecule has 2 aromatic carbocycles. The molecule has 0 saturated carbocycles. The molecule has 0 bridgehead atoms. The van der Waals surface area contributed by atoms with Crippen molar-refractivity contribution in [3.63, 3.8) is 0 Å². The molecule has 3 aliphatic rings. The van der Waals surface area contributed by atoms with Gasteiger partial charge < -0.3 is 14.5 Å². The van der Waals surface area contributed by atoms with Crippen molar-refractivity contribution in [3.05, 3.63) is 67.5 Å². The molecule has 1 amide bonds. The second-order valence-electron chi connectivity index (χ2n) is 11.1. The molecule has 0 N–H and O–H groups in total. The van der Waals surface area contributed by atoms with Crippen LogP contribution in [0.4, 0.5) is 0 Å². The van der Waals surface area contributed by atoms with Gasteiger partial charge in [0.2, 0.25) is 0 Å². The smallest absolute Gasteiger partial charge is 0.254 e. The minimum Gasteiger partial charge on any atom is -0.379 e. The number of morpholine rings is 1. The van der Waals surface area contributed by atoms with Gasteiger partial charge in [-0.1, -0.05) is 48.3 Å². The Morgan fingerprint density at radius 2 is 1.95 bits per heavy atom. The minimum atomic E-state index is -0.0658. The molecule has 39 heavy (non-hydrogen) atoms. The molecule has 2 atom stereocenters. The van der Waals surface area contributed by atoms with Crippen LogP contribution in [0.3, 0.4) is 0 Å². The molecule has 5 rings (SSSR count). The fourth-order valence-corrected chi connectivity index (χ4v) is 6.25. The standard InChI is InChI=1S/C31H36Cl2N4O2/c1-21-3-5-27-25(13-21)14-22(17-34)15-28(27)31(38)35(2)18-24(23-4-6-29(32)30(33)16-23)7-8-36-19-26(20-36)37-9-11-39-12-10-37/h4-6,13-16,21,24,26H,3,7-12,18-20H2,1-2H3/t21?,24-/m1/s1. The number of hydrogen-bond donors (Lipinski definition) is 0. The van der Waals surface area contributed by atoms with Crippen molar-refractivity contribution in [2.45, 2.75) is 31.7 Å². The van der Waals surface area contributed by atoms with Crippen molar-refractivity contribution in [2.24, 2.45) is 5.92 Å². The molecule has 2 heterocycles. The lowest BCUT2D eigenvalue weighted by molar-refractivity contribution is -0.0326. The van der Waals surface area contributed by atoms with E-state index in [9.17, 15) is 10.1 Å². The zero-order valence-corrected chi connectivity index (χ0v) is 24.2. The van der Waals surface area contributed by atoms with Crippen LogP contribution >= 0.6 is 23.2 Å². The highest BCUT2D eigenvalue weighted by Gasteiger charge is 2.33. The summed E-state index contributed by atoms with van der Waals surface area (Å²) in [6.45, 7) is 9.47. The Kier molecular flexibility index (Phi) is 8.96. The SMILES string of the molecule is CC1C=c2cc(C#N)cc(C(=O)N(C)C[C@@H](CCN3CC(N4CCOCC4)C3)c3ccc(Cl)c(Cl)c3)c2=CC1. The van der Waals surface area contributed by atoms with E-state index in [0.29, 0.717) is 39.7 Å². The largest absolute Gasteiger partial charge is 0.379 e. The first-order valence-electron chi connectivity index (χ1n) is 13.8. The number of nitriles is 1.